The van der Waals surface area contributed by atoms with Crippen LogP contribution in [0.25, 0.3) is 0 Å². The third-order valence-electron chi connectivity index (χ3n) is 5.36. The summed E-state index contributed by atoms with van der Waals surface area (Å²) < 4.78 is 34.8. The fourth-order valence-electron chi connectivity index (χ4n) is 4.05. The van der Waals surface area contributed by atoms with E-state index >= 15 is 0 Å². The highest BCUT2D eigenvalue weighted by molar-refractivity contribution is 9.10. The van der Waals surface area contributed by atoms with Crippen molar-refractivity contribution in [2.24, 2.45) is 0 Å². The number of ether oxygens (including phenoxy) is 1. The quantitative estimate of drug-likeness (QED) is 0.731. The smallest absolute Gasteiger partial charge is 0.404 e. The summed E-state index contributed by atoms with van der Waals surface area (Å²) in [6, 6.07) is 8.57. The van der Waals surface area contributed by atoms with Crippen LogP contribution in [0.5, 0.6) is 0 Å². The van der Waals surface area contributed by atoms with Crippen molar-refractivity contribution in [3.05, 3.63) is 69.2 Å². The molecule has 0 aliphatic carbocycles. The molecule has 0 saturated carbocycles. The minimum Gasteiger partial charge on any atom is -0.465 e. The number of hydrogen-bond donors (Lipinski definition) is 2. The summed E-state index contributed by atoms with van der Waals surface area (Å²) >= 11 is 3.48. The van der Waals surface area contributed by atoms with E-state index in [1.807, 2.05) is 6.07 Å². The van der Waals surface area contributed by atoms with E-state index in [2.05, 4.69) is 38.3 Å². The van der Waals surface area contributed by atoms with E-state index in [-0.39, 0.29) is 11.6 Å². The van der Waals surface area contributed by atoms with Crippen molar-refractivity contribution < 1.29 is 23.4 Å². The Morgan fingerprint density at radius 2 is 1.96 bits per heavy atom. The van der Waals surface area contributed by atoms with Gasteiger partial charge in [0.05, 0.1) is 12.6 Å². The molecule has 0 aromatic heterocycles. The van der Waals surface area contributed by atoms with Crippen LogP contribution in [-0.2, 0) is 17.8 Å². The highest BCUT2D eigenvalue weighted by atomic mass is 79.9. The van der Waals surface area contributed by atoms with Crippen molar-refractivity contribution in [2.75, 3.05) is 6.61 Å². The van der Waals surface area contributed by atoms with Crippen molar-refractivity contribution in [3.63, 3.8) is 0 Å². The molecule has 2 aliphatic rings. The zero-order valence-electron chi connectivity index (χ0n) is 14.9. The van der Waals surface area contributed by atoms with Gasteiger partial charge in [0.25, 0.3) is 0 Å². The number of carbonyl (C=O) groups is 1. The number of nitrogens with one attached hydrogen (secondary N) is 1. The van der Waals surface area contributed by atoms with Gasteiger partial charge in [-0.15, -0.1) is 0 Å². The van der Waals surface area contributed by atoms with Gasteiger partial charge in [0, 0.05) is 29.2 Å². The van der Waals surface area contributed by atoms with Crippen LogP contribution in [0.4, 0.5) is 13.6 Å². The predicted molar refractivity (Wildman–Crippen MR) is 102 cm³/mol. The number of amides is 1. The zero-order valence-corrected chi connectivity index (χ0v) is 16.5. The predicted octanol–water partition coefficient (Wildman–Crippen LogP) is 4.21. The van der Waals surface area contributed by atoms with Crippen LogP contribution in [0.3, 0.4) is 0 Å². The SMILES string of the molecule is O=C(O)N[C@H]1C[C@@H](N2Cc3ccc(Br)cc3C2)CO[C@@H]1c1cc(F)ccc1F. The van der Waals surface area contributed by atoms with Crippen LogP contribution in [-0.4, -0.2) is 34.8 Å². The molecular weight excluding hydrogens is 434 g/mol. The molecule has 2 aromatic rings. The third kappa shape index (κ3) is 3.90. The first-order chi connectivity index (χ1) is 13.4. The second-order valence-electron chi connectivity index (χ2n) is 7.18. The molecule has 1 amide bonds. The molecule has 2 heterocycles. The van der Waals surface area contributed by atoms with Gasteiger partial charge in [-0.25, -0.2) is 13.6 Å². The van der Waals surface area contributed by atoms with Crippen LogP contribution in [0.1, 0.15) is 29.2 Å². The van der Waals surface area contributed by atoms with Gasteiger partial charge in [0.2, 0.25) is 0 Å². The standard InChI is InChI=1S/C20H19BrF2N2O3/c21-13-2-1-11-8-25(9-12(11)5-13)15-7-18(24-20(26)27)19(28-10-15)16-6-14(22)3-4-17(16)23/h1-6,15,18-19,24H,7-10H2,(H,26,27)/t15-,18+,19-/m1/s1. The number of carboxylic acid groups (broad SMARTS) is 1. The lowest BCUT2D eigenvalue weighted by atomic mass is 9.92. The van der Waals surface area contributed by atoms with Gasteiger partial charge in [-0.05, 0) is 47.9 Å². The van der Waals surface area contributed by atoms with Gasteiger partial charge in [0.15, 0.2) is 0 Å². The van der Waals surface area contributed by atoms with Crippen molar-refractivity contribution >= 4 is 22.0 Å². The lowest BCUT2D eigenvalue weighted by Crippen LogP contribution is -2.51. The maximum absolute atomic E-state index is 14.2. The molecule has 5 nitrogen and oxygen atoms in total. The van der Waals surface area contributed by atoms with E-state index in [0.29, 0.717) is 13.0 Å². The number of halogens is 3. The van der Waals surface area contributed by atoms with Crippen molar-refractivity contribution in [3.8, 4) is 0 Å². The van der Waals surface area contributed by atoms with E-state index in [1.54, 1.807) is 0 Å². The van der Waals surface area contributed by atoms with Gasteiger partial charge in [-0.3, -0.25) is 4.90 Å². The summed E-state index contributed by atoms with van der Waals surface area (Å²) in [4.78, 5) is 13.5. The summed E-state index contributed by atoms with van der Waals surface area (Å²) in [5.41, 5.74) is 2.48. The Kier molecular flexibility index (Phi) is 5.35. The normalized spacial score (nSPS) is 24.8. The Hall–Kier alpha value is -2.03. The Labute approximate surface area is 169 Å². The minimum atomic E-state index is -1.22. The topological polar surface area (TPSA) is 61.8 Å². The molecule has 0 bridgehead atoms. The lowest BCUT2D eigenvalue weighted by Gasteiger charge is -2.40. The van der Waals surface area contributed by atoms with Gasteiger partial charge in [0.1, 0.15) is 17.7 Å². The fraction of sp³-hybridized carbons (Fsp3) is 0.350. The Balaban J connectivity index is 1.54. The number of benzene rings is 2. The average molecular weight is 453 g/mol. The molecule has 0 spiro atoms. The second-order valence-corrected chi connectivity index (χ2v) is 8.10. The minimum absolute atomic E-state index is 0.0316. The molecule has 0 unspecified atom stereocenters. The Bertz CT molecular complexity index is 911. The summed E-state index contributed by atoms with van der Waals surface area (Å²) in [7, 11) is 0. The number of nitrogens with zero attached hydrogens (tertiary/aromatic N) is 1. The van der Waals surface area contributed by atoms with E-state index in [9.17, 15) is 18.7 Å². The Morgan fingerprint density at radius 1 is 1.18 bits per heavy atom. The summed E-state index contributed by atoms with van der Waals surface area (Å²) in [5, 5.41) is 11.7. The first kappa shape index (κ1) is 19.3. The highest BCUT2D eigenvalue weighted by Crippen LogP contribution is 2.35. The van der Waals surface area contributed by atoms with Gasteiger partial charge in [-0.1, -0.05) is 22.0 Å². The Morgan fingerprint density at radius 3 is 2.75 bits per heavy atom. The van der Waals surface area contributed by atoms with Crippen LogP contribution < -0.4 is 5.32 Å². The van der Waals surface area contributed by atoms with Gasteiger partial charge < -0.3 is 15.2 Å². The van der Waals surface area contributed by atoms with Crippen LogP contribution >= 0.6 is 15.9 Å². The number of fused-ring (bicyclic) bond motifs is 1. The first-order valence-corrected chi connectivity index (χ1v) is 9.77. The maximum atomic E-state index is 14.2. The molecule has 28 heavy (non-hydrogen) atoms. The van der Waals surface area contributed by atoms with E-state index in [4.69, 9.17) is 4.74 Å². The molecule has 2 N–H and O–H groups in total. The molecule has 148 valence electrons. The van der Waals surface area contributed by atoms with E-state index in [1.165, 1.54) is 11.1 Å². The van der Waals surface area contributed by atoms with Crippen molar-refractivity contribution in [2.45, 2.75) is 37.7 Å². The molecular formula is C20H19BrF2N2O3. The van der Waals surface area contributed by atoms with Gasteiger partial charge >= 0.3 is 6.09 Å². The van der Waals surface area contributed by atoms with Crippen molar-refractivity contribution in [1.82, 2.24) is 10.2 Å². The summed E-state index contributed by atoms with van der Waals surface area (Å²) in [6.07, 6.45) is -1.64. The van der Waals surface area contributed by atoms with Crippen LogP contribution in [0.15, 0.2) is 40.9 Å². The number of rotatable bonds is 3. The number of hydrogen-bond acceptors (Lipinski definition) is 3. The fourth-order valence-corrected chi connectivity index (χ4v) is 4.46. The van der Waals surface area contributed by atoms with Crippen LogP contribution in [0, 0.1) is 11.6 Å². The molecule has 2 aliphatic heterocycles. The summed E-state index contributed by atoms with van der Waals surface area (Å²) in [6.45, 7) is 1.80. The van der Waals surface area contributed by atoms with E-state index in [0.717, 1.165) is 35.8 Å². The molecule has 3 atom stereocenters. The third-order valence-corrected chi connectivity index (χ3v) is 5.86. The molecule has 0 radical (unpaired) electrons. The second kappa shape index (κ2) is 7.77. The molecule has 1 fully saturated rings. The molecule has 4 rings (SSSR count). The monoisotopic (exact) mass is 452 g/mol. The average Bonchev–Trinajstić information content (AvgIpc) is 3.06. The zero-order chi connectivity index (χ0) is 19.8. The molecule has 2 aromatic carbocycles. The molecule has 8 heteroatoms. The van der Waals surface area contributed by atoms with Crippen molar-refractivity contribution in [1.29, 1.82) is 0 Å². The van der Waals surface area contributed by atoms with Crippen LogP contribution in [0.2, 0.25) is 0 Å². The van der Waals surface area contributed by atoms with E-state index < -0.39 is 29.9 Å². The summed E-state index contributed by atoms with van der Waals surface area (Å²) in [5.74, 6) is -1.20. The maximum Gasteiger partial charge on any atom is 0.404 e. The first-order valence-electron chi connectivity index (χ1n) is 8.98. The molecule has 1 saturated heterocycles. The van der Waals surface area contributed by atoms with Gasteiger partial charge in [-0.2, -0.15) is 0 Å². The largest absolute Gasteiger partial charge is 0.465 e. The highest BCUT2D eigenvalue weighted by Gasteiger charge is 2.38. The lowest BCUT2D eigenvalue weighted by molar-refractivity contribution is -0.0599.